The molecule has 2 amide bonds. The first-order valence-corrected chi connectivity index (χ1v) is 12.6. The number of carbonyl (C=O) groups excluding carboxylic acids is 2. The predicted molar refractivity (Wildman–Crippen MR) is 132 cm³/mol. The maximum absolute atomic E-state index is 13.1. The van der Waals surface area contributed by atoms with Crippen LogP contribution in [0.5, 0.6) is 0 Å². The van der Waals surface area contributed by atoms with Gasteiger partial charge in [0.15, 0.2) is 0 Å². The Bertz CT molecular complexity index is 1070. The van der Waals surface area contributed by atoms with Gasteiger partial charge in [0.1, 0.15) is 11.0 Å². The van der Waals surface area contributed by atoms with Crippen molar-refractivity contribution in [3.8, 4) is 10.6 Å². The van der Waals surface area contributed by atoms with Crippen molar-refractivity contribution in [2.75, 3.05) is 11.9 Å². The Labute approximate surface area is 199 Å². The third-order valence-corrected chi connectivity index (χ3v) is 6.90. The molecule has 1 fully saturated rings. The van der Waals surface area contributed by atoms with Crippen LogP contribution in [0.15, 0.2) is 54.6 Å². The number of benzene rings is 2. The largest absolute Gasteiger partial charge is 0.327 e. The van der Waals surface area contributed by atoms with Crippen molar-refractivity contribution in [1.82, 2.24) is 15.1 Å². The minimum absolute atomic E-state index is 0.0904. The Kier molecular flexibility index (Phi) is 7.83. The van der Waals surface area contributed by atoms with Crippen molar-refractivity contribution >= 4 is 28.3 Å². The smallest absolute Gasteiger partial charge is 0.254 e. The summed E-state index contributed by atoms with van der Waals surface area (Å²) in [6.45, 7) is 2.79. The number of nitrogens with zero attached hydrogens (tertiary/aromatic N) is 3. The lowest BCUT2D eigenvalue weighted by Gasteiger charge is -2.23. The van der Waals surface area contributed by atoms with E-state index in [4.69, 9.17) is 0 Å². The summed E-state index contributed by atoms with van der Waals surface area (Å²) in [5.41, 5.74) is 2.85. The maximum Gasteiger partial charge on any atom is 0.254 e. The normalized spacial score (nSPS) is 15.5. The summed E-state index contributed by atoms with van der Waals surface area (Å²) in [7, 11) is 0. The van der Waals surface area contributed by atoms with E-state index in [-0.39, 0.29) is 11.8 Å². The standard InChI is InChI=1S/C26H30N4O2S/c1-2-3-4-6-10-19-14-16-21(17-15-19)25(32)30-18-9-13-22(30)23(31)27-26-29-28-24(33-26)20-11-7-5-8-12-20/h5,7-8,11-12,14-17,22H,2-4,6,9-10,13,18H2,1H3,(H,27,29,31)/t22-/m1/s1. The van der Waals surface area contributed by atoms with Gasteiger partial charge in [0.25, 0.3) is 5.91 Å². The van der Waals surface area contributed by atoms with E-state index in [1.54, 1.807) is 4.90 Å². The van der Waals surface area contributed by atoms with Gasteiger partial charge in [-0.25, -0.2) is 0 Å². The lowest BCUT2D eigenvalue weighted by Crippen LogP contribution is -2.43. The molecule has 33 heavy (non-hydrogen) atoms. The Hall–Kier alpha value is -3.06. The van der Waals surface area contributed by atoms with Gasteiger partial charge in [0, 0.05) is 17.7 Å². The van der Waals surface area contributed by atoms with E-state index in [0.717, 1.165) is 23.4 Å². The first-order chi connectivity index (χ1) is 16.2. The molecule has 1 aliphatic rings. The number of unbranched alkanes of at least 4 members (excludes halogenated alkanes) is 3. The molecule has 2 heterocycles. The molecule has 1 saturated heterocycles. The second-order valence-electron chi connectivity index (χ2n) is 8.43. The van der Waals surface area contributed by atoms with E-state index in [1.165, 1.54) is 42.6 Å². The van der Waals surface area contributed by atoms with Crippen LogP contribution in [0.1, 0.15) is 61.4 Å². The summed E-state index contributed by atoms with van der Waals surface area (Å²) in [6.07, 6.45) is 7.40. The highest BCUT2D eigenvalue weighted by molar-refractivity contribution is 7.18. The first-order valence-electron chi connectivity index (χ1n) is 11.8. The van der Waals surface area contributed by atoms with E-state index in [2.05, 4.69) is 22.4 Å². The zero-order chi connectivity index (χ0) is 23.0. The van der Waals surface area contributed by atoms with Crippen LogP contribution in [0, 0.1) is 0 Å². The minimum atomic E-state index is -0.490. The highest BCUT2D eigenvalue weighted by atomic mass is 32.1. The molecular formula is C26H30N4O2S. The summed E-state index contributed by atoms with van der Waals surface area (Å²) in [5.74, 6) is -0.295. The van der Waals surface area contributed by atoms with E-state index < -0.39 is 6.04 Å². The van der Waals surface area contributed by atoms with Crippen molar-refractivity contribution in [3.63, 3.8) is 0 Å². The predicted octanol–water partition coefficient (Wildman–Crippen LogP) is 5.57. The van der Waals surface area contributed by atoms with Gasteiger partial charge in [-0.15, -0.1) is 10.2 Å². The van der Waals surface area contributed by atoms with Crippen LogP contribution < -0.4 is 5.32 Å². The molecule has 3 aromatic rings. The Balaban J connectivity index is 1.36. The fourth-order valence-electron chi connectivity index (χ4n) is 4.18. The third-order valence-electron chi connectivity index (χ3n) is 6.01. The van der Waals surface area contributed by atoms with Gasteiger partial charge in [-0.05, 0) is 43.4 Å². The van der Waals surface area contributed by atoms with Crippen LogP contribution in [0.3, 0.4) is 0 Å². The van der Waals surface area contributed by atoms with Gasteiger partial charge in [-0.1, -0.05) is 80.0 Å². The number of hydrogen-bond acceptors (Lipinski definition) is 5. The lowest BCUT2D eigenvalue weighted by molar-refractivity contribution is -0.119. The highest BCUT2D eigenvalue weighted by Crippen LogP contribution is 2.27. The quantitative estimate of drug-likeness (QED) is 0.422. The molecule has 0 radical (unpaired) electrons. The first kappa shape index (κ1) is 23.1. The monoisotopic (exact) mass is 462 g/mol. The van der Waals surface area contributed by atoms with Gasteiger partial charge < -0.3 is 4.90 Å². The second-order valence-corrected chi connectivity index (χ2v) is 9.41. The molecule has 0 aliphatic carbocycles. The number of amides is 2. The van der Waals surface area contributed by atoms with Crippen LogP contribution in [0.25, 0.3) is 10.6 Å². The zero-order valence-corrected chi connectivity index (χ0v) is 19.8. The average molecular weight is 463 g/mol. The van der Waals surface area contributed by atoms with E-state index in [9.17, 15) is 9.59 Å². The van der Waals surface area contributed by atoms with Crippen molar-refractivity contribution in [3.05, 3.63) is 65.7 Å². The molecule has 1 atom stereocenters. The molecule has 6 nitrogen and oxygen atoms in total. The maximum atomic E-state index is 13.1. The van der Waals surface area contributed by atoms with E-state index >= 15 is 0 Å². The fourth-order valence-corrected chi connectivity index (χ4v) is 4.93. The number of anilines is 1. The topological polar surface area (TPSA) is 75.2 Å². The summed E-state index contributed by atoms with van der Waals surface area (Å²) in [5, 5.41) is 12.4. The molecule has 7 heteroatoms. The summed E-state index contributed by atoms with van der Waals surface area (Å²) < 4.78 is 0. The number of aryl methyl sites for hydroxylation is 1. The zero-order valence-electron chi connectivity index (χ0n) is 19.0. The van der Waals surface area contributed by atoms with Gasteiger partial charge in [0.2, 0.25) is 11.0 Å². The van der Waals surface area contributed by atoms with Gasteiger partial charge >= 0.3 is 0 Å². The van der Waals surface area contributed by atoms with Crippen LogP contribution >= 0.6 is 11.3 Å². The minimum Gasteiger partial charge on any atom is -0.327 e. The summed E-state index contributed by atoms with van der Waals surface area (Å²) >= 11 is 1.33. The third kappa shape index (κ3) is 5.85. The van der Waals surface area contributed by atoms with Crippen LogP contribution in [-0.2, 0) is 11.2 Å². The molecule has 1 aromatic heterocycles. The Morgan fingerprint density at radius 3 is 2.58 bits per heavy atom. The number of carbonyl (C=O) groups is 2. The number of nitrogens with one attached hydrogen (secondary N) is 1. The summed E-state index contributed by atoms with van der Waals surface area (Å²) in [4.78, 5) is 27.8. The number of aromatic nitrogens is 2. The number of likely N-dealkylation sites (tertiary alicyclic amines) is 1. The molecule has 0 bridgehead atoms. The van der Waals surface area contributed by atoms with Gasteiger partial charge in [-0.2, -0.15) is 0 Å². The average Bonchev–Trinajstić information content (AvgIpc) is 3.52. The van der Waals surface area contributed by atoms with Gasteiger partial charge in [0.05, 0.1) is 0 Å². The Morgan fingerprint density at radius 2 is 1.82 bits per heavy atom. The number of hydrogen-bond donors (Lipinski definition) is 1. The molecule has 0 saturated carbocycles. The molecule has 0 unspecified atom stereocenters. The lowest BCUT2D eigenvalue weighted by atomic mass is 10.0. The van der Waals surface area contributed by atoms with Crippen LogP contribution in [0.2, 0.25) is 0 Å². The highest BCUT2D eigenvalue weighted by Gasteiger charge is 2.35. The molecule has 1 N–H and O–H groups in total. The van der Waals surface area contributed by atoms with Crippen molar-refractivity contribution in [2.24, 2.45) is 0 Å². The number of rotatable bonds is 9. The van der Waals surface area contributed by atoms with Crippen molar-refractivity contribution in [1.29, 1.82) is 0 Å². The molecule has 1 aliphatic heterocycles. The molecular weight excluding hydrogens is 432 g/mol. The van der Waals surface area contributed by atoms with Crippen LogP contribution in [-0.4, -0.2) is 39.5 Å². The molecule has 4 rings (SSSR count). The molecule has 2 aromatic carbocycles. The van der Waals surface area contributed by atoms with Crippen molar-refractivity contribution in [2.45, 2.75) is 57.9 Å². The fraction of sp³-hybridized carbons (Fsp3) is 0.385. The SMILES string of the molecule is CCCCCCc1ccc(C(=O)N2CCC[C@@H]2C(=O)Nc2nnc(-c3ccccc3)s2)cc1. The molecule has 0 spiro atoms. The van der Waals surface area contributed by atoms with Gasteiger partial charge in [-0.3, -0.25) is 14.9 Å². The van der Waals surface area contributed by atoms with E-state index in [0.29, 0.717) is 23.7 Å². The molecule has 172 valence electrons. The van der Waals surface area contributed by atoms with Crippen LogP contribution in [0.4, 0.5) is 5.13 Å². The van der Waals surface area contributed by atoms with E-state index in [1.807, 2.05) is 54.6 Å². The van der Waals surface area contributed by atoms with Crippen molar-refractivity contribution < 1.29 is 9.59 Å². The Morgan fingerprint density at radius 1 is 1.03 bits per heavy atom. The summed E-state index contributed by atoms with van der Waals surface area (Å²) in [6, 6.07) is 17.1. The second kappa shape index (κ2) is 11.2.